The average molecular weight is 1410 g/mol. The summed E-state index contributed by atoms with van der Waals surface area (Å²) >= 11 is 5.69. The lowest BCUT2D eigenvalue weighted by Gasteiger charge is -2.31. The third kappa shape index (κ3) is 19.2. The Bertz CT molecular complexity index is 4030. The molecule has 0 unspecified atom stereocenters. The lowest BCUT2D eigenvalue weighted by Crippen LogP contribution is -2.35. The molecule has 2 fully saturated rings. The molecule has 2 amide bonds. The fraction of sp³-hybridized carbons (Fsp3) is 0.407. The maximum absolute atomic E-state index is 13.8. The summed E-state index contributed by atoms with van der Waals surface area (Å²) in [4.78, 5) is 85.5. The Morgan fingerprint density at radius 3 is 1.17 bits per heavy atom. The van der Waals surface area contributed by atoms with Gasteiger partial charge in [-0.15, -0.1) is 45.3 Å². The third-order valence-electron chi connectivity index (χ3n) is 19.4. The van der Waals surface area contributed by atoms with Crippen molar-refractivity contribution in [3.63, 3.8) is 0 Å². The topological polar surface area (TPSA) is 195 Å². The minimum Gasteiger partial charge on any atom is -0.477 e. The number of para-hydroxylation sites is 3. The molecule has 13 rings (SSSR count). The number of nitrogen functional groups attached to an aromatic ring is 1. The summed E-state index contributed by atoms with van der Waals surface area (Å²) in [7, 11) is 4.21. The average Bonchev–Trinajstić information content (AvgIpc) is 1.71. The van der Waals surface area contributed by atoms with E-state index < -0.39 is 5.97 Å². The number of esters is 3. The zero-order valence-corrected chi connectivity index (χ0v) is 61.1. The van der Waals surface area contributed by atoms with Gasteiger partial charge in [-0.1, -0.05) is 92.7 Å². The summed E-state index contributed by atoms with van der Waals surface area (Å²) in [5, 5.41) is 13.3. The number of amides is 2. The van der Waals surface area contributed by atoms with Crippen LogP contribution in [-0.4, -0.2) is 62.1 Å². The van der Waals surface area contributed by atoms with Gasteiger partial charge in [0.1, 0.15) is 19.5 Å². The molecular formula is C81H94N4O10S4. The van der Waals surface area contributed by atoms with E-state index in [1.54, 1.807) is 9.80 Å². The van der Waals surface area contributed by atoms with Gasteiger partial charge in [0.05, 0.1) is 44.1 Å². The standard InChI is InChI=1S/C26H31NO3S.C25H29NO3S.C18H19NO2S.C12H15NO2S/c1-18-13-15-20(16-14-18)25(28)27(21-11-7-4-8-12-21)22-17-23(19-9-5-3-6-10-19)31-24(22)26(29)30-2;1-17-12-14-19(15-13-17)24(27)26(20-10-6-3-7-11-20)21-16-22(30-23(21)25(28)29)18-8-4-2-5-9-18;1-21-18(20)17-15(19-14-10-6-3-7-11-14)12-16(22-17)13-8-4-2-5-9-13;1-15-12(14)11-9(13)7-10(16-11)8-5-3-2-4-6-8/h4,7-9,11-12,17-18,20H,3,5-6,10,13-16H2,1-2H3;3,6-8,10-11,16-17,19H,2,4-5,9,12-15H2,1H3,(H,28,29);3,6-8,10-12,19H,2,4-5,9H2,1H3;5,7H,2-4,6,13H2,1H3. The number of hydrogen-bond acceptors (Lipinski definition) is 15. The first-order valence-electron chi connectivity index (χ1n) is 35.3. The highest BCUT2D eigenvalue weighted by molar-refractivity contribution is 7.16. The smallest absolute Gasteiger partial charge is 0.350 e. The van der Waals surface area contributed by atoms with Crippen LogP contribution >= 0.6 is 45.3 Å². The Labute approximate surface area is 599 Å². The summed E-state index contributed by atoms with van der Waals surface area (Å²) in [6.45, 7) is 4.50. The van der Waals surface area contributed by atoms with E-state index in [-0.39, 0.29) is 46.4 Å². The molecule has 522 valence electrons. The lowest BCUT2D eigenvalue weighted by atomic mass is 9.82. The number of carbonyl (C=O) groups excluding carboxylic acids is 5. The SMILES string of the molecule is CC1CCC(C(=O)N(c2ccccc2)c2cc(C3=CCCCC3)sc2C(=O)O)CC1.COC(=O)c1sc(C2=CCCCC2)cc1N.COC(=O)c1sc(C2=CCCCC2)cc1N(C(=O)C1CCC(C)CC1)c1ccccc1.COC(=O)c1sc(C2=CCCCC2)cc1Nc1ccccc1. The minimum atomic E-state index is -0.969. The van der Waals surface area contributed by atoms with Crippen molar-refractivity contribution in [2.45, 2.75) is 168 Å². The number of benzene rings is 3. The number of nitrogens with one attached hydrogen (secondary N) is 1. The van der Waals surface area contributed by atoms with Crippen LogP contribution in [0.15, 0.2) is 140 Å². The van der Waals surface area contributed by atoms with Crippen LogP contribution in [0.2, 0.25) is 0 Å². The van der Waals surface area contributed by atoms with Crippen LogP contribution < -0.4 is 20.9 Å². The van der Waals surface area contributed by atoms with E-state index in [1.807, 2.05) is 109 Å². The number of carbonyl (C=O) groups is 6. The fourth-order valence-electron chi connectivity index (χ4n) is 13.7. The number of methoxy groups -OCH3 is 3. The molecule has 4 N–H and O–H groups in total. The molecule has 4 aromatic heterocycles. The number of thiophene rings is 4. The Kier molecular flexibility index (Phi) is 26.9. The zero-order valence-electron chi connectivity index (χ0n) is 57.8. The number of hydrogen-bond donors (Lipinski definition) is 3. The van der Waals surface area contributed by atoms with Crippen molar-refractivity contribution in [1.29, 1.82) is 0 Å². The first kappa shape index (κ1) is 73.6. The van der Waals surface area contributed by atoms with E-state index in [0.29, 0.717) is 43.5 Å². The molecule has 0 saturated heterocycles. The molecule has 4 heterocycles. The van der Waals surface area contributed by atoms with Crippen molar-refractivity contribution in [3.05, 3.63) is 179 Å². The van der Waals surface area contributed by atoms with Gasteiger partial charge in [0.2, 0.25) is 11.8 Å². The summed E-state index contributed by atoms with van der Waals surface area (Å²) < 4.78 is 14.7. The number of nitrogens with zero attached hydrogens (tertiary/aromatic N) is 2. The predicted octanol–water partition coefficient (Wildman–Crippen LogP) is 22.2. The predicted molar refractivity (Wildman–Crippen MR) is 408 cm³/mol. The van der Waals surface area contributed by atoms with Crippen molar-refractivity contribution in [1.82, 2.24) is 0 Å². The minimum absolute atomic E-state index is 0.0147. The number of carboxylic acid groups (broad SMARTS) is 1. The van der Waals surface area contributed by atoms with Crippen molar-refractivity contribution in [2.24, 2.45) is 23.7 Å². The van der Waals surface area contributed by atoms with Gasteiger partial charge in [0.25, 0.3) is 0 Å². The number of aromatic carboxylic acids is 1. The Balaban J connectivity index is 0.000000147. The number of rotatable bonds is 16. The van der Waals surface area contributed by atoms with E-state index in [9.17, 15) is 33.9 Å². The number of anilines is 7. The highest BCUT2D eigenvalue weighted by Gasteiger charge is 2.36. The molecule has 7 aromatic rings. The molecule has 6 aliphatic rings. The molecule has 14 nitrogen and oxygen atoms in total. The first-order valence-corrected chi connectivity index (χ1v) is 38.6. The molecular weight excluding hydrogens is 1320 g/mol. The van der Waals surface area contributed by atoms with Gasteiger partial charge in [-0.2, -0.15) is 0 Å². The number of carboxylic acids is 1. The van der Waals surface area contributed by atoms with E-state index >= 15 is 0 Å². The second kappa shape index (κ2) is 36.3. The van der Waals surface area contributed by atoms with Crippen LogP contribution in [0.3, 0.4) is 0 Å². The van der Waals surface area contributed by atoms with Gasteiger partial charge in [0.15, 0.2) is 0 Å². The van der Waals surface area contributed by atoms with E-state index in [4.69, 9.17) is 15.2 Å². The molecule has 0 aliphatic heterocycles. The second-order valence-corrected chi connectivity index (χ2v) is 30.7. The number of allylic oxidation sites excluding steroid dienone is 8. The van der Waals surface area contributed by atoms with Crippen molar-refractivity contribution in [2.75, 3.05) is 42.2 Å². The summed E-state index contributed by atoms with van der Waals surface area (Å²) in [5.41, 5.74) is 16.0. The van der Waals surface area contributed by atoms with Crippen molar-refractivity contribution in [3.8, 4) is 0 Å². The fourth-order valence-corrected chi connectivity index (χ4v) is 18.1. The number of ether oxygens (including phenoxy) is 3. The van der Waals surface area contributed by atoms with Crippen LogP contribution in [0.1, 0.15) is 226 Å². The largest absolute Gasteiger partial charge is 0.477 e. The Morgan fingerprint density at radius 1 is 0.434 bits per heavy atom. The van der Waals surface area contributed by atoms with Gasteiger partial charge >= 0.3 is 23.9 Å². The molecule has 0 spiro atoms. The summed E-state index contributed by atoms with van der Waals surface area (Å²) in [5.74, 6) is -0.610. The molecule has 3 aromatic carbocycles. The van der Waals surface area contributed by atoms with Crippen molar-refractivity contribution >= 4 is 143 Å². The van der Waals surface area contributed by atoms with Crippen LogP contribution in [0, 0.1) is 23.7 Å². The van der Waals surface area contributed by atoms with Crippen LogP contribution in [0.4, 0.5) is 39.8 Å². The van der Waals surface area contributed by atoms with E-state index in [1.165, 1.54) is 132 Å². The highest BCUT2D eigenvalue weighted by atomic mass is 32.1. The molecule has 99 heavy (non-hydrogen) atoms. The zero-order chi connectivity index (χ0) is 69.8. The molecule has 0 radical (unpaired) electrons. The van der Waals surface area contributed by atoms with E-state index in [0.717, 1.165) is 153 Å². The maximum atomic E-state index is 13.8. The Hall–Kier alpha value is -8.16. The van der Waals surface area contributed by atoms with E-state index in [2.05, 4.69) is 54.3 Å². The first-order chi connectivity index (χ1) is 48.1. The lowest BCUT2D eigenvalue weighted by molar-refractivity contribution is -0.123. The van der Waals surface area contributed by atoms with Gasteiger partial charge in [-0.25, -0.2) is 19.2 Å². The quantitative estimate of drug-likeness (QED) is 0.0613. The normalized spacial score (nSPS) is 19.0. The molecule has 18 heteroatoms. The van der Waals surface area contributed by atoms with Crippen molar-refractivity contribution < 1.29 is 48.1 Å². The third-order valence-corrected chi connectivity index (χ3v) is 24.2. The van der Waals surface area contributed by atoms with Crippen LogP contribution in [-0.2, 0) is 23.8 Å². The molecule has 0 bridgehead atoms. The number of nitrogens with two attached hydrogens (primary N) is 1. The van der Waals surface area contributed by atoms with Gasteiger partial charge in [0, 0.05) is 48.4 Å². The van der Waals surface area contributed by atoms with Gasteiger partial charge < -0.3 is 30.4 Å². The highest BCUT2D eigenvalue weighted by Crippen LogP contribution is 2.46. The molecule has 2 saturated carbocycles. The summed E-state index contributed by atoms with van der Waals surface area (Å²) in [6, 6.07) is 37.0. The maximum Gasteiger partial charge on any atom is 0.350 e. The van der Waals surface area contributed by atoms with Crippen LogP contribution in [0.5, 0.6) is 0 Å². The monoisotopic (exact) mass is 1410 g/mol. The second-order valence-electron chi connectivity index (χ2n) is 26.5. The Morgan fingerprint density at radius 2 is 0.778 bits per heavy atom. The summed E-state index contributed by atoms with van der Waals surface area (Å²) in [6.07, 6.45) is 35.0. The van der Waals surface area contributed by atoms with Gasteiger partial charge in [-0.05, 0) is 249 Å². The molecule has 0 atom stereocenters. The van der Waals surface area contributed by atoms with Gasteiger partial charge in [-0.3, -0.25) is 19.4 Å². The molecule has 6 aliphatic carbocycles. The van der Waals surface area contributed by atoms with Crippen LogP contribution in [0.25, 0.3) is 22.3 Å².